The van der Waals surface area contributed by atoms with Crippen molar-refractivity contribution in [3.63, 3.8) is 0 Å². The van der Waals surface area contributed by atoms with Gasteiger partial charge in [0.05, 0.1) is 0 Å². The molecule has 2 unspecified atom stereocenters. The van der Waals surface area contributed by atoms with Crippen LogP contribution >= 0.6 is 0 Å². The van der Waals surface area contributed by atoms with E-state index in [2.05, 4.69) is 0 Å². The number of carboxylic acids is 1. The Kier molecular flexibility index (Phi) is 3.84. The number of carbonyl (C=O) groups excluding carboxylic acids is 1. The van der Waals surface area contributed by atoms with E-state index >= 15 is 0 Å². The standard InChI is InChI=1S/C16H21NO3/c1-11(15(19)20)17(10-12-7-5-4-6-8-12)14(18)13-9-16(13,2)3/h4-8,11,13H,9-10H2,1-3H3,(H,19,20). The normalized spacial score (nSPS) is 21.1. The minimum Gasteiger partial charge on any atom is -0.480 e. The predicted molar refractivity (Wildman–Crippen MR) is 76.0 cm³/mol. The van der Waals surface area contributed by atoms with Crippen LogP contribution in [0.5, 0.6) is 0 Å². The molecule has 1 saturated carbocycles. The number of nitrogens with zero attached hydrogens (tertiary/aromatic N) is 1. The zero-order valence-electron chi connectivity index (χ0n) is 12.2. The lowest BCUT2D eigenvalue weighted by atomic mass is 10.1. The van der Waals surface area contributed by atoms with Gasteiger partial charge in [-0.2, -0.15) is 0 Å². The van der Waals surface area contributed by atoms with Gasteiger partial charge < -0.3 is 10.0 Å². The molecule has 1 aromatic carbocycles. The fraction of sp³-hybridized carbons (Fsp3) is 0.500. The van der Waals surface area contributed by atoms with Gasteiger partial charge in [0.15, 0.2) is 0 Å². The van der Waals surface area contributed by atoms with Crippen molar-refractivity contribution in [1.29, 1.82) is 0 Å². The summed E-state index contributed by atoms with van der Waals surface area (Å²) in [5.41, 5.74) is 0.956. The van der Waals surface area contributed by atoms with Gasteiger partial charge in [0, 0.05) is 12.5 Å². The van der Waals surface area contributed by atoms with Crippen LogP contribution in [0.15, 0.2) is 30.3 Å². The molecule has 1 amide bonds. The van der Waals surface area contributed by atoms with Crippen molar-refractivity contribution in [3.05, 3.63) is 35.9 Å². The Balaban J connectivity index is 2.17. The van der Waals surface area contributed by atoms with Gasteiger partial charge in [0.25, 0.3) is 0 Å². The summed E-state index contributed by atoms with van der Waals surface area (Å²) in [6.45, 7) is 6.00. The third kappa shape index (κ3) is 3.00. The number of hydrogen-bond acceptors (Lipinski definition) is 2. The summed E-state index contributed by atoms with van der Waals surface area (Å²) in [5, 5.41) is 9.22. The highest BCUT2D eigenvalue weighted by atomic mass is 16.4. The first kappa shape index (κ1) is 14.6. The quantitative estimate of drug-likeness (QED) is 0.898. The lowest BCUT2D eigenvalue weighted by molar-refractivity contribution is -0.150. The minimum absolute atomic E-state index is 0.00421. The van der Waals surface area contributed by atoms with E-state index in [0.717, 1.165) is 12.0 Å². The van der Waals surface area contributed by atoms with Gasteiger partial charge in [0.1, 0.15) is 6.04 Å². The molecule has 0 heterocycles. The smallest absolute Gasteiger partial charge is 0.326 e. The summed E-state index contributed by atoms with van der Waals surface area (Å²) in [4.78, 5) is 25.3. The van der Waals surface area contributed by atoms with E-state index in [-0.39, 0.29) is 17.2 Å². The molecule has 0 radical (unpaired) electrons. The van der Waals surface area contributed by atoms with E-state index in [1.807, 2.05) is 44.2 Å². The molecule has 20 heavy (non-hydrogen) atoms. The highest BCUT2D eigenvalue weighted by molar-refractivity contribution is 5.87. The average Bonchev–Trinajstić information content (AvgIpc) is 3.04. The van der Waals surface area contributed by atoms with Gasteiger partial charge in [-0.1, -0.05) is 44.2 Å². The van der Waals surface area contributed by atoms with Crippen LogP contribution in [0.1, 0.15) is 32.8 Å². The van der Waals surface area contributed by atoms with Gasteiger partial charge in [-0.25, -0.2) is 4.79 Å². The summed E-state index contributed by atoms with van der Waals surface area (Å²) in [7, 11) is 0. The van der Waals surface area contributed by atoms with Gasteiger partial charge in [-0.15, -0.1) is 0 Å². The second-order valence-electron chi connectivity index (χ2n) is 6.21. The molecule has 1 aliphatic carbocycles. The monoisotopic (exact) mass is 275 g/mol. The molecule has 2 atom stereocenters. The fourth-order valence-electron chi connectivity index (χ4n) is 2.41. The number of carboxylic acid groups (broad SMARTS) is 1. The summed E-state index contributed by atoms with van der Waals surface area (Å²) in [5.74, 6) is -1.06. The van der Waals surface area contributed by atoms with Crippen molar-refractivity contribution in [3.8, 4) is 0 Å². The highest BCUT2D eigenvalue weighted by Crippen LogP contribution is 2.52. The fourth-order valence-corrected chi connectivity index (χ4v) is 2.41. The predicted octanol–water partition coefficient (Wildman–Crippen LogP) is 2.53. The molecule has 4 heteroatoms. The zero-order valence-corrected chi connectivity index (χ0v) is 12.2. The van der Waals surface area contributed by atoms with Gasteiger partial charge in [-0.05, 0) is 24.3 Å². The van der Waals surface area contributed by atoms with Crippen molar-refractivity contribution in [2.75, 3.05) is 0 Å². The Bertz CT molecular complexity index is 510. The molecule has 4 nitrogen and oxygen atoms in total. The molecular formula is C16H21NO3. The van der Waals surface area contributed by atoms with Crippen molar-refractivity contribution in [1.82, 2.24) is 4.90 Å². The van der Waals surface area contributed by atoms with E-state index in [0.29, 0.717) is 6.54 Å². The van der Waals surface area contributed by atoms with Crippen LogP contribution in [0.2, 0.25) is 0 Å². The minimum atomic E-state index is -0.965. The molecule has 108 valence electrons. The van der Waals surface area contributed by atoms with Crippen LogP contribution in [-0.4, -0.2) is 27.9 Å². The molecule has 1 N–H and O–H groups in total. The molecular weight excluding hydrogens is 254 g/mol. The molecule has 0 saturated heterocycles. The first-order valence-corrected chi connectivity index (χ1v) is 6.90. The third-order valence-electron chi connectivity index (χ3n) is 4.12. The van der Waals surface area contributed by atoms with E-state index in [1.54, 1.807) is 6.92 Å². The van der Waals surface area contributed by atoms with Crippen LogP contribution < -0.4 is 0 Å². The van der Waals surface area contributed by atoms with Crippen molar-refractivity contribution >= 4 is 11.9 Å². The molecule has 0 aliphatic heterocycles. The zero-order chi connectivity index (χ0) is 14.9. The lowest BCUT2D eigenvalue weighted by Gasteiger charge is -2.27. The van der Waals surface area contributed by atoms with E-state index < -0.39 is 12.0 Å². The maximum Gasteiger partial charge on any atom is 0.326 e. The van der Waals surface area contributed by atoms with Crippen molar-refractivity contribution in [2.45, 2.75) is 39.8 Å². The summed E-state index contributed by atoms with van der Waals surface area (Å²) >= 11 is 0. The first-order valence-electron chi connectivity index (χ1n) is 6.90. The Labute approximate surface area is 119 Å². The Morgan fingerprint density at radius 3 is 2.35 bits per heavy atom. The van der Waals surface area contributed by atoms with Crippen LogP contribution in [-0.2, 0) is 16.1 Å². The third-order valence-corrected chi connectivity index (χ3v) is 4.12. The first-order chi connectivity index (χ1) is 9.33. The summed E-state index contributed by atoms with van der Waals surface area (Å²) in [6, 6.07) is 8.70. The number of hydrogen-bond donors (Lipinski definition) is 1. The lowest BCUT2D eigenvalue weighted by Crippen LogP contribution is -2.44. The maximum absolute atomic E-state index is 12.5. The van der Waals surface area contributed by atoms with E-state index in [1.165, 1.54) is 4.90 Å². The maximum atomic E-state index is 12.5. The topological polar surface area (TPSA) is 57.6 Å². The average molecular weight is 275 g/mol. The van der Waals surface area contributed by atoms with E-state index in [4.69, 9.17) is 0 Å². The highest BCUT2D eigenvalue weighted by Gasteiger charge is 2.52. The molecule has 1 fully saturated rings. The molecule has 0 bridgehead atoms. The molecule has 1 aromatic rings. The summed E-state index contributed by atoms with van der Waals surface area (Å²) in [6.07, 6.45) is 0.837. The molecule has 1 aliphatic rings. The second kappa shape index (κ2) is 5.27. The van der Waals surface area contributed by atoms with Gasteiger partial charge in [0.2, 0.25) is 5.91 Å². The van der Waals surface area contributed by atoms with Crippen molar-refractivity contribution < 1.29 is 14.7 Å². The SMILES string of the molecule is CC(C(=O)O)N(Cc1ccccc1)C(=O)C1CC1(C)C. The Hall–Kier alpha value is -1.84. The number of benzene rings is 1. The van der Waals surface area contributed by atoms with Gasteiger partial charge in [-0.3, -0.25) is 4.79 Å². The largest absolute Gasteiger partial charge is 0.480 e. The van der Waals surface area contributed by atoms with E-state index in [9.17, 15) is 14.7 Å². The molecule has 2 rings (SSSR count). The number of amides is 1. The molecule has 0 spiro atoms. The second-order valence-corrected chi connectivity index (χ2v) is 6.21. The van der Waals surface area contributed by atoms with Gasteiger partial charge >= 0.3 is 5.97 Å². The number of carbonyl (C=O) groups is 2. The van der Waals surface area contributed by atoms with Crippen LogP contribution in [0.25, 0.3) is 0 Å². The van der Waals surface area contributed by atoms with Crippen LogP contribution in [0, 0.1) is 11.3 Å². The number of rotatable bonds is 5. The Morgan fingerprint density at radius 2 is 1.90 bits per heavy atom. The Morgan fingerprint density at radius 1 is 1.35 bits per heavy atom. The number of aliphatic carboxylic acids is 1. The van der Waals surface area contributed by atoms with Crippen LogP contribution in [0.4, 0.5) is 0 Å². The molecule has 0 aromatic heterocycles. The van der Waals surface area contributed by atoms with Crippen LogP contribution in [0.3, 0.4) is 0 Å². The van der Waals surface area contributed by atoms with Crippen molar-refractivity contribution in [2.24, 2.45) is 11.3 Å². The summed E-state index contributed by atoms with van der Waals surface area (Å²) < 4.78 is 0.